The molecule has 0 saturated heterocycles. The molecule has 2 aromatic heterocycles. The summed E-state index contributed by atoms with van der Waals surface area (Å²) in [6, 6.07) is 71.5. The van der Waals surface area contributed by atoms with Crippen LogP contribution in [0.25, 0.3) is 99.5 Å². The van der Waals surface area contributed by atoms with Crippen molar-refractivity contribution in [1.29, 1.82) is 0 Å². The smallest absolute Gasteiger partial charge is 0.0794 e. The van der Waals surface area contributed by atoms with Crippen molar-refractivity contribution < 1.29 is 0 Å². The second-order valence-corrected chi connectivity index (χ2v) is 13.8. The van der Waals surface area contributed by atoms with E-state index >= 15 is 0 Å². The number of benzene rings is 8. The summed E-state index contributed by atoms with van der Waals surface area (Å²) in [7, 11) is 0. The van der Waals surface area contributed by atoms with Crippen molar-refractivity contribution in [3.05, 3.63) is 206 Å². The minimum absolute atomic E-state index is 0.949. The Bertz CT molecular complexity index is 2930. The number of rotatable bonds is 6. The van der Waals surface area contributed by atoms with Crippen molar-refractivity contribution in [2.45, 2.75) is 0 Å². The molecule has 2 heteroatoms. The second-order valence-electron chi connectivity index (χ2n) is 13.8. The van der Waals surface area contributed by atoms with Crippen molar-refractivity contribution in [3.8, 4) is 66.9 Å². The third-order valence-corrected chi connectivity index (χ3v) is 10.5. The van der Waals surface area contributed by atoms with Crippen LogP contribution in [0.2, 0.25) is 0 Å². The number of fused-ring (bicyclic) bond motifs is 4. The van der Waals surface area contributed by atoms with E-state index in [1.807, 2.05) is 12.3 Å². The summed E-state index contributed by atoms with van der Waals surface area (Å²) in [5.41, 5.74) is 15.7. The van der Waals surface area contributed by atoms with Crippen LogP contribution in [0.5, 0.6) is 0 Å². The Hall–Kier alpha value is -7.16. The molecule has 0 amide bonds. The largest absolute Gasteiger partial charge is 0.256 e. The number of aromatic nitrogens is 2. The van der Waals surface area contributed by atoms with E-state index in [-0.39, 0.29) is 0 Å². The summed E-state index contributed by atoms with van der Waals surface area (Å²) in [5, 5.41) is 4.59. The van der Waals surface area contributed by atoms with E-state index in [1.165, 1.54) is 38.8 Å². The molecule has 0 atom stereocenters. The minimum Gasteiger partial charge on any atom is -0.256 e. The fourth-order valence-electron chi connectivity index (χ4n) is 7.69. The number of pyridine rings is 2. The highest BCUT2D eigenvalue weighted by molar-refractivity contribution is 6.16. The van der Waals surface area contributed by atoms with Crippen LogP contribution in [0.1, 0.15) is 0 Å². The van der Waals surface area contributed by atoms with Crippen LogP contribution >= 0.6 is 0 Å². The van der Waals surface area contributed by atoms with Crippen LogP contribution in [0.4, 0.5) is 0 Å². The summed E-state index contributed by atoms with van der Waals surface area (Å²) in [5.74, 6) is 0. The van der Waals surface area contributed by atoms with Gasteiger partial charge in [0.25, 0.3) is 0 Å². The highest BCUT2D eigenvalue weighted by Gasteiger charge is 2.17. The molecular weight excluding hydrogens is 653 g/mol. The fourth-order valence-corrected chi connectivity index (χ4v) is 7.69. The Kier molecular flexibility index (Phi) is 7.85. The lowest BCUT2D eigenvalue weighted by atomic mass is 9.90. The number of hydrogen-bond acceptors (Lipinski definition) is 2. The van der Waals surface area contributed by atoms with Crippen molar-refractivity contribution in [3.63, 3.8) is 0 Å². The van der Waals surface area contributed by atoms with Gasteiger partial charge in [-0.05, 0) is 79.7 Å². The van der Waals surface area contributed by atoms with Gasteiger partial charge < -0.3 is 0 Å². The molecule has 0 saturated carbocycles. The summed E-state index contributed by atoms with van der Waals surface area (Å²) in [6.07, 6.45) is 1.97. The van der Waals surface area contributed by atoms with Crippen molar-refractivity contribution >= 4 is 32.6 Å². The van der Waals surface area contributed by atoms with Gasteiger partial charge in [0.05, 0.1) is 16.7 Å². The third kappa shape index (κ3) is 5.81. The highest BCUT2D eigenvalue weighted by atomic mass is 14.7. The lowest BCUT2D eigenvalue weighted by Crippen LogP contribution is -1.94. The lowest BCUT2D eigenvalue weighted by Gasteiger charge is -2.16. The van der Waals surface area contributed by atoms with Gasteiger partial charge in [0, 0.05) is 33.5 Å². The van der Waals surface area contributed by atoms with Gasteiger partial charge in [-0.25, -0.2) is 4.98 Å². The lowest BCUT2D eigenvalue weighted by molar-refractivity contribution is 1.40. The van der Waals surface area contributed by atoms with Crippen LogP contribution in [0, 0.1) is 0 Å². The number of para-hydroxylation sites is 1. The summed E-state index contributed by atoms with van der Waals surface area (Å²) < 4.78 is 0. The molecule has 2 nitrogen and oxygen atoms in total. The predicted molar refractivity (Wildman–Crippen MR) is 227 cm³/mol. The third-order valence-electron chi connectivity index (χ3n) is 10.5. The van der Waals surface area contributed by atoms with Crippen LogP contribution in [0.15, 0.2) is 206 Å². The average molecular weight is 687 g/mol. The van der Waals surface area contributed by atoms with Gasteiger partial charge in [-0.1, -0.05) is 176 Å². The van der Waals surface area contributed by atoms with Gasteiger partial charge in [-0.15, -0.1) is 0 Å². The summed E-state index contributed by atoms with van der Waals surface area (Å²) >= 11 is 0. The van der Waals surface area contributed by atoms with Crippen molar-refractivity contribution in [2.24, 2.45) is 0 Å². The van der Waals surface area contributed by atoms with Crippen molar-refractivity contribution in [2.75, 3.05) is 0 Å². The Balaban J connectivity index is 1.15. The quantitative estimate of drug-likeness (QED) is 0.163. The maximum atomic E-state index is 5.44. The van der Waals surface area contributed by atoms with Crippen molar-refractivity contribution in [1.82, 2.24) is 9.97 Å². The van der Waals surface area contributed by atoms with Crippen LogP contribution in [0.3, 0.4) is 0 Å². The standard InChI is InChI=1S/C52H34N2/c1-3-11-35(12-4-1)37-19-25-40(26-20-37)47-32-49-48(41-27-21-39(22-28-41)44-31-43-15-7-10-18-50(43)53-34-44)33-51(54-52(49)46-17-9-8-16-45(46)47)42-29-23-38(24-30-42)36-13-5-2-6-14-36/h1-34H. The van der Waals surface area contributed by atoms with Gasteiger partial charge in [-0.2, -0.15) is 0 Å². The fraction of sp³-hybridized carbons (Fsp3) is 0. The number of nitrogens with zero attached hydrogens (tertiary/aromatic N) is 2. The molecular formula is C52H34N2. The van der Waals surface area contributed by atoms with E-state index in [4.69, 9.17) is 9.97 Å². The normalized spacial score (nSPS) is 11.3. The average Bonchev–Trinajstić information content (AvgIpc) is 3.26. The molecule has 8 aromatic carbocycles. The molecule has 0 unspecified atom stereocenters. The van der Waals surface area contributed by atoms with Crippen LogP contribution in [-0.2, 0) is 0 Å². The predicted octanol–water partition coefficient (Wildman–Crippen LogP) is 13.9. The molecule has 252 valence electrons. The second kappa shape index (κ2) is 13.4. The Morgan fingerprint density at radius 1 is 0.296 bits per heavy atom. The van der Waals surface area contributed by atoms with E-state index in [9.17, 15) is 0 Å². The van der Waals surface area contributed by atoms with Crippen LogP contribution in [-0.4, -0.2) is 9.97 Å². The summed E-state index contributed by atoms with van der Waals surface area (Å²) in [4.78, 5) is 10.2. The molecule has 0 aliphatic rings. The highest BCUT2D eigenvalue weighted by Crippen LogP contribution is 2.41. The van der Waals surface area contributed by atoms with E-state index < -0.39 is 0 Å². The minimum atomic E-state index is 0.949. The zero-order valence-electron chi connectivity index (χ0n) is 29.5. The molecule has 0 spiro atoms. The molecule has 0 radical (unpaired) electrons. The zero-order valence-corrected chi connectivity index (χ0v) is 29.5. The first kappa shape index (κ1) is 31.6. The monoisotopic (exact) mass is 686 g/mol. The van der Waals surface area contributed by atoms with E-state index in [0.717, 1.165) is 60.7 Å². The molecule has 0 fully saturated rings. The summed E-state index contributed by atoms with van der Waals surface area (Å²) in [6.45, 7) is 0. The molecule has 0 N–H and O–H groups in total. The first-order valence-corrected chi connectivity index (χ1v) is 18.4. The Morgan fingerprint density at radius 3 is 1.39 bits per heavy atom. The molecule has 0 bridgehead atoms. The van der Waals surface area contributed by atoms with E-state index in [0.29, 0.717) is 0 Å². The molecule has 54 heavy (non-hydrogen) atoms. The van der Waals surface area contributed by atoms with Gasteiger partial charge in [0.2, 0.25) is 0 Å². The maximum absolute atomic E-state index is 5.44. The van der Waals surface area contributed by atoms with Gasteiger partial charge in [0.15, 0.2) is 0 Å². The SMILES string of the molecule is c1ccc(-c2ccc(-c3cc(-c4ccc(-c5cnc6ccccc6c5)cc4)c4cc(-c5ccc(-c6ccccc6)cc5)c5ccccc5c4n3)cc2)cc1. The molecule has 10 aromatic rings. The Labute approximate surface area is 314 Å². The molecule has 0 aliphatic heterocycles. The zero-order chi connectivity index (χ0) is 35.8. The van der Waals surface area contributed by atoms with Crippen LogP contribution < -0.4 is 0 Å². The topological polar surface area (TPSA) is 25.8 Å². The Morgan fingerprint density at radius 2 is 0.759 bits per heavy atom. The van der Waals surface area contributed by atoms with Gasteiger partial charge in [-0.3, -0.25) is 4.98 Å². The molecule has 2 heterocycles. The van der Waals surface area contributed by atoms with Gasteiger partial charge in [0.1, 0.15) is 0 Å². The first-order chi connectivity index (χ1) is 26.7. The first-order valence-electron chi connectivity index (χ1n) is 18.4. The number of hydrogen-bond donors (Lipinski definition) is 0. The maximum Gasteiger partial charge on any atom is 0.0794 e. The van der Waals surface area contributed by atoms with E-state index in [2.05, 4.69) is 194 Å². The van der Waals surface area contributed by atoms with Gasteiger partial charge >= 0.3 is 0 Å². The molecule has 10 rings (SSSR count). The van der Waals surface area contributed by atoms with E-state index in [1.54, 1.807) is 0 Å². The molecule has 0 aliphatic carbocycles.